The van der Waals surface area contributed by atoms with Gasteiger partial charge in [-0.15, -0.1) is 0 Å². The third-order valence-corrected chi connectivity index (χ3v) is 4.00. The zero-order valence-electron chi connectivity index (χ0n) is 9.34. The first-order chi connectivity index (χ1) is 6.77. The van der Waals surface area contributed by atoms with Gasteiger partial charge in [0.15, 0.2) is 0 Å². The Morgan fingerprint density at radius 2 is 1.86 bits per heavy atom. The lowest BCUT2D eigenvalue weighted by atomic mass is 9.77. The lowest BCUT2D eigenvalue weighted by molar-refractivity contribution is 0.187. The number of hydrogen-bond acceptors (Lipinski definition) is 2. The largest absolute Gasteiger partial charge is 0.326 e. The zero-order valence-corrected chi connectivity index (χ0v) is 9.34. The van der Waals surface area contributed by atoms with Crippen molar-refractivity contribution in [2.45, 2.75) is 57.5 Å². The Labute approximate surface area is 87.6 Å². The molecule has 3 unspecified atom stereocenters. The monoisotopic (exact) mass is 196 g/mol. The van der Waals surface area contributed by atoms with Gasteiger partial charge in [-0.1, -0.05) is 26.2 Å². The normalized spacial score (nSPS) is 41.1. The van der Waals surface area contributed by atoms with Gasteiger partial charge in [-0.05, 0) is 37.6 Å². The van der Waals surface area contributed by atoms with Crippen molar-refractivity contribution in [2.24, 2.45) is 17.6 Å². The standard InChI is InChI=1S/C12H24N2/c1-9-7-11(13)12(14-8-9)10-5-3-2-4-6-10/h9-12,14H,2-8,13H2,1H3. The van der Waals surface area contributed by atoms with Crippen LogP contribution >= 0.6 is 0 Å². The molecule has 3 N–H and O–H groups in total. The molecule has 2 nitrogen and oxygen atoms in total. The summed E-state index contributed by atoms with van der Waals surface area (Å²) >= 11 is 0. The summed E-state index contributed by atoms with van der Waals surface area (Å²) in [7, 11) is 0. The lowest BCUT2D eigenvalue weighted by Crippen LogP contribution is -2.55. The van der Waals surface area contributed by atoms with E-state index < -0.39 is 0 Å². The van der Waals surface area contributed by atoms with Crippen LogP contribution in [0.15, 0.2) is 0 Å². The van der Waals surface area contributed by atoms with Crippen molar-refractivity contribution < 1.29 is 0 Å². The van der Waals surface area contributed by atoms with Gasteiger partial charge in [-0.25, -0.2) is 0 Å². The summed E-state index contributed by atoms with van der Waals surface area (Å²) in [4.78, 5) is 0. The van der Waals surface area contributed by atoms with Crippen LogP contribution in [0.2, 0.25) is 0 Å². The van der Waals surface area contributed by atoms with Gasteiger partial charge in [0.2, 0.25) is 0 Å². The van der Waals surface area contributed by atoms with E-state index in [9.17, 15) is 0 Å². The first-order valence-corrected chi connectivity index (χ1v) is 6.26. The van der Waals surface area contributed by atoms with Crippen LogP contribution in [0.5, 0.6) is 0 Å². The molecule has 0 aromatic heterocycles. The minimum atomic E-state index is 0.404. The quantitative estimate of drug-likeness (QED) is 0.672. The summed E-state index contributed by atoms with van der Waals surface area (Å²) in [5.41, 5.74) is 6.24. The van der Waals surface area contributed by atoms with Crippen molar-refractivity contribution in [3.05, 3.63) is 0 Å². The van der Waals surface area contributed by atoms with Gasteiger partial charge in [-0.2, -0.15) is 0 Å². The molecule has 0 aromatic carbocycles. The molecule has 1 aliphatic carbocycles. The fourth-order valence-corrected chi connectivity index (χ4v) is 3.19. The highest BCUT2D eigenvalue weighted by Crippen LogP contribution is 2.30. The van der Waals surface area contributed by atoms with Gasteiger partial charge in [0, 0.05) is 12.1 Å². The van der Waals surface area contributed by atoms with Crippen molar-refractivity contribution in [3.8, 4) is 0 Å². The topological polar surface area (TPSA) is 38.0 Å². The van der Waals surface area contributed by atoms with Crippen LogP contribution in [0.1, 0.15) is 45.4 Å². The highest BCUT2D eigenvalue weighted by molar-refractivity contribution is 4.92. The van der Waals surface area contributed by atoms with Crippen molar-refractivity contribution in [2.75, 3.05) is 6.54 Å². The number of rotatable bonds is 1. The van der Waals surface area contributed by atoms with E-state index in [-0.39, 0.29) is 0 Å². The van der Waals surface area contributed by atoms with Crippen LogP contribution in [0.3, 0.4) is 0 Å². The van der Waals surface area contributed by atoms with E-state index in [1.54, 1.807) is 0 Å². The van der Waals surface area contributed by atoms with Gasteiger partial charge in [0.25, 0.3) is 0 Å². The van der Waals surface area contributed by atoms with Gasteiger partial charge in [0.1, 0.15) is 0 Å². The summed E-state index contributed by atoms with van der Waals surface area (Å²) < 4.78 is 0. The first kappa shape index (κ1) is 10.4. The van der Waals surface area contributed by atoms with Crippen LogP contribution in [0.4, 0.5) is 0 Å². The Morgan fingerprint density at radius 1 is 1.14 bits per heavy atom. The molecule has 0 aromatic rings. The van der Waals surface area contributed by atoms with Crippen LogP contribution < -0.4 is 11.1 Å². The molecular formula is C12H24N2. The third kappa shape index (κ3) is 2.29. The Morgan fingerprint density at radius 3 is 2.50 bits per heavy atom. The molecule has 1 heterocycles. The fraction of sp³-hybridized carbons (Fsp3) is 1.00. The van der Waals surface area contributed by atoms with E-state index in [1.165, 1.54) is 45.1 Å². The van der Waals surface area contributed by atoms with Crippen molar-refractivity contribution in [1.82, 2.24) is 5.32 Å². The maximum Gasteiger partial charge on any atom is 0.0247 e. The van der Waals surface area contributed by atoms with Gasteiger partial charge >= 0.3 is 0 Å². The molecule has 0 radical (unpaired) electrons. The highest BCUT2D eigenvalue weighted by atomic mass is 15.0. The SMILES string of the molecule is CC1CNC(C2CCCCC2)C(N)C1. The summed E-state index contributed by atoms with van der Waals surface area (Å²) in [5.74, 6) is 1.64. The summed E-state index contributed by atoms with van der Waals surface area (Å²) in [6.07, 6.45) is 8.30. The predicted molar refractivity (Wildman–Crippen MR) is 60.1 cm³/mol. The second-order valence-corrected chi connectivity index (χ2v) is 5.34. The van der Waals surface area contributed by atoms with Crippen molar-refractivity contribution in [3.63, 3.8) is 0 Å². The molecule has 1 saturated heterocycles. The highest BCUT2D eigenvalue weighted by Gasteiger charge is 2.32. The summed E-state index contributed by atoms with van der Waals surface area (Å²) in [6.45, 7) is 3.47. The number of nitrogens with two attached hydrogens (primary N) is 1. The second-order valence-electron chi connectivity index (χ2n) is 5.34. The Kier molecular flexibility index (Phi) is 3.45. The predicted octanol–water partition coefficient (Wildman–Crippen LogP) is 1.89. The van der Waals surface area contributed by atoms with Gasteiger partial charge in [0.05, 0.1) is 0 Å². The average Bonchev–Trinajstić information content (AvgIpc) is 2.19. The Bertz CT molecular complexity index is 175. The minimum absolute atomic E-state index is 0.404. The van der Waals surface area contributed by atoms with E-state index >= 15 is 0 Å². The second kappa shape index (κ2) is 4.63. The molecule has 1 aliphatic heterocycles. The molecule has 0 amide bonds. The molecule has 2 heteroatoms. The van der Waals surface area contributed by atoms with E-state index in [0.717, 1.165) is 11.8 Å². The molecule has 82 valence electrons. The zero-order chi connectivity index (χ0) is 9.97. The van der Waals surface area contributed by atoms with Crippen LogP contribution in [-0.2, 0) is 0 Å². The molecule has 2 fully saturated rings. The van der Waals surface area contributed by atoms with Crippen molar-refractivity contribution >= 4 is 0 Å². The van der Waals surface area contributed by atoms with Crippen LogP contribution in [0.25, 0.3) is 0 Å². The Hall–Kier alpha value is -0.0800. The summed E-state index contributed by atoms with van der Waals surface area (Å²) in [6, 6.07) is 1.02. The molecule has 2 aliphatic rings. The van der Waals surface area contributed by atoms with Gasteiger partial charge < -0.3 is 11.1 Å². The van der Waals surface area contributed by atoms with E-state index in [0.29, 0.717) is 12.1 Å². The van der Waals surface area contributed by atoms with E-state index in [2.05, 4.69) is 12.2 Å². The lowest BCUT2D eigenvalue weighted by Gasteiger charge is -2.40. The Balaban J connectivity index is 1.89. The number of nitrogens with one attached hydrogen (secondary N) is 1. The third-order valence-electron chi connectivity index (χ3n) is 4.00. The maximum absolute atomic E-state index is 6.24. The molecule has 1 saturated carbocycles. The van der Waals surface area contributed by atoms with E-state index in [4.69, 9.17) is 5.73 Å². The molecule has 3 atom stereocenters. The average molecular weight is 196 g/mol. The molecular weight excluding hydrogens is 172 g/mol. The fourth-order valence-electron chi connectivity index (χ4n) is 3.19. The van der Waals surface area contributed by atoms with Crippen molar-refractivity contribution in [1.29, 1.82) is 0 Å². The number of piperidine rings is 1. The van der Waals surface area contributed by atoms with Gasteiger partial charge in [-0.3, -0.25) is 0 Å². The number of hydrogen-bond donors (Lipinski definition) is 2. The smallest absolute Gasteiger partial charge is 0.0247 e. The first-order valence-electron chi connectivity index (χ1n) is 6.26. The molecule has 2 rings (SSSR count). The molecule has 14 heavy (non-hydrogen) atoms. The van der Waals surface area contributed by atoms with E-state index in [1.807, 2.05) is 0 Å². The minimum Gasteiger partial charge on any atom is -0.326 e. The van der Waals surface area contributed by atoms with Crippen LogP contribution in [0, 0.1) is 11.8 Å². The van der Waals surface area contributed by atoms with Crippen LogP contribution in [-0.4, -0.2) is 18.6 Å². The maximum atomic E-state index is 6.24. The molecule has 0 spiro atoms. The summed E-state index contributed by atoms with van der Waals surface area (Å²) in [5, 5.41) is 3.66. The molecule has 0 bridgehead atoms.